The SMILES string of the molecule is COc1ccccc1N1C(=O)/C(=C\c2ccccc2)SC1c1cc(OC)c(OC)c(OC)c1. The lowest BCUT2D eigenvalue weighted by Crippen LogP contribution is -2.27. The first-order chi connectivity index (χ1) is 16.1. The van der Waals surface area contributed by atoms with Gasteiger partial charge in [-0.2, -0.15) is 0 Å². The molecule has 0 saturated carbocycles. The van der Waals surface area contributed by atoms with Gasteiger partial charge in [0, 0.05) is 0 Å². The highest BCUT2D eigenvalue weighted by Gasteiger charge is 2.40. The fourth-order valence-corrected chi connectivity index (χ4v) is 5.00. The molecule has 0 aromatic heterocycles. The van der Waals surface area contributed by atoms with E-state index in [-0.39, 0.29) is 11.3 Å². The average Bonchev–Trinajstić information content (AvgIpc) is 3.19. The van der Waals surface area contributed by atoms with Crippen LogP contribution in [0.2, 0.25) is 0 Å². The number of carbonyl (C=O) groups is 1. The minimum absolute atomic E-state index is 0.105. The summed E-state index contributed by atoms with van der Waals surface area (Å²) in [6, 6.07) is 21.0. The fraction of sp³-hybridized carbons (Fsp3) is 0.192. The smallest absolute Gasteiger partial charge is 0.266 e. The molecule has 1 fully saturated rings. The van der Waals surface area contributed by atoms with Crippen molar-refractivity contribution in [2.24, 2.45) is 0 Å². The molecular formula is C26H25NO5S. The molecule has 0 radical (unpaired) electrons. The molecule has 0 N–H and O–H groups in total. The van der Waals surface area contributed by atoms with Crippen molar-refractivity contribution in [2.45, 2.75) is 5.37 Å². The van der Waals surface area contributed by atoms with Gasteiger partial charge in [-0.15, -0.1) is 0 Å². The summed E-state index contributed by atoms with van der Waals surface area (Å²) in [5, 5.41) is -0.363. The molecule has 1 aliphatic heterocycles. The minimum Gasteiger partial charge on any atom is -0.495 e. The number of carbonyl (C=O) groups excluding carboxylic acids is 1. The van der Waals surface area contributed by atoms with Crippen LogP contribution in [0.15, 0.2) is 71.6 Å². The van der Waals surface area contributed by atoms with E-state index < -0.39 is 0 Å². The fourth-order valence-electron chi connectivity index (χ4n) is 3.77. The van der Waals surface area contributed by atoms with Crippen LogP contribution >= 0.6 is 11.8 Å². The highest BCUT2D eigenvalue weighted by Crippen LogP contribution is 2.52. The van der Waals surface area contributed by atoms with Crippen LogP contribution in [-0.4, -0.2) is 34.3 Å². The van der Waals surface area contributed by atoms with E-state index >= 15 is 0 Å². The van der Waals surface area contributed by atoms with Crippen molar-refractivity contribution >= 4 is 29.4 Å². The van der Waals surface area contributed by atoms with Crippen LogP contribution in [0.25, 0.3) is 6.08 Å². The average molecular weight is 464 g/mol. The van der Waals surface area contributed by atoms with Crippen LogP contribution in [0.5, 0.6) is 23.0 Å². The highest BCUT2D eigenvalue weighted by molar-refractivity contribution is 8.05. The Morgan fingerprint density at radius 2 is 1.39 bits per heavy atom. The number of anilines is 1. The van der Waals surface area contributed by atoms with Gasteiger partial charge in [-0.25, -0.2) is 0 Å². The third-order valence-corrected chi connectivity index (χ3v) is 6.57. The molecule has 1 heterocycles. The second-order valence-electron chi connectivity index (χ2n) is 7.20. The molecule has 1 amide bonds. The third kappa shape index (κ3) is 4.36. The number of rotatable bonds is 7. The standard InChI is InChI=1S/C26H25NO5S/c1-29-20-13-9-8-12-19(20)27-25(28)23(14-17-10-6-5-7-11-17)33-26(27)18-15-21(30-2)24(32-4)22(16-18)31-3/h5-16,26H,1-4H3/b23-14+. The van der Waals surface area contributed by atoms with Gasteiger partial charge < -0.3 is 18.9 Å². The molecular weight excluding hydrogens is 438 g/mol. The Labute approximate surface area is 197 Å². The number of thioether (sulfide) groups is 1. The van der Waals surface area contributed by atoms with E-state index in [2.05, 4.69) is 0 Å². The lowest BCUT2D eigenvalue weighted by molar-refractivity contribution is -0.114. The van der Waals surface area contributed by atoms with E-state index in [1.54, 1.807) is 33.3 Å². The molecule has 3 aromatic carbocycles. The summed E-state index contributed by atoms with van der Waals surface area (Å²) in [4.78, 5) is 16.1. The molecule has 0 aliphatic carbocycles. The Bertz CT molecular complexity index is 1150. The van der Waals surface area contributed by atoms with Crippen LogP contribution in [0.1, 0.15) is 16.5 Å². The molecule has 1 saturated heterocycles. The summed E-state index contributed by atoms with van der Waals surface area (Å²) >= 11 is 1.47. The van der Waals surface area contributed by atoms with Crippen molar-refractivity contribution in [2.75, 3.05) is 33.3 Å². The van der Waals surface area contributed by atoms with Crippen LogP contribution < -0.4 is 23.8 Å². The molecule has 0 bridgehead atoms. The van der Waals surface area contributed by atoms with Crippen molar-refractivity contribution in [1.29, 1.82) is 0 Å². The predicted molar refractivity (Wildman–Crippen MR) is 131 cm³/mol. The second kappa shape index (κ2) is 9.92. The molecule has 33 heavy (non-hydrogen) atoms. The quantitative estimate of drug-likeness (QED) is 0.429. The number of hydrogen-bond donors (Lipinski definition) is 0. The van der Waals surface area contributed by atoms with E-state index in [0.29, 0.717) is 33.6 Å². The van der Waals surface area contributed by atoms with Gasteiger partial charge in [0.2, 0.25) is 5.75 Å². The lowest BCUT2D eigenvalue weighted by Gasteiger charge is -2.26. The van der Waals surface area contributed by atoms with Crippen LogP contribution in [-0.2, 0) is 4.79 Å². The zero-order chi connectivity index (χ0) is 23.4. The number of ether oxygens (including phenoxy) is 4. The molecule has 1 aliphatic rings. The Balaban J connectivity index is 1.87. The molecule has 3 aromatic rings. The van der Waals surface area contributed by atoms with Gasteiger partial charge in [0.15, 0.2) is 11.5 Å². The van der Waals surface area contributed by atoms with Gasteiger partial charge >= 0.3 is 0 Å². The molecule has 1 atom stereocenters. The van der Waals surface area contributed by atoms with Gasteiger partial charge in [-0.3, -0.25) is 9.69 Å². The van der Waals surface area contributed by atoms with E-state index in [1.807, 2.05) is 72.8 Å². The predicted octanol–water partition coefficient (Wildman–Crippen LogP) is 5.54. The molecule has 170 valence electrons. The Morgan fingerprint density at radius 3 is 2.00 bits per heavy atom. The zero-order valence-corrected chi connectivity index (χ0v) is 19.7. The van der Waals surface area contributed by atoms with Crippen LogP contribution in [0.3, 0.4) is 0 Å². The summed E-state index contributed by atoms with van der Waals surface area (Å²) in [6.45, 7) is 0. The second-order valence-corrected chi connectivity index (χ2v) is 8.32. The number of amides is 1. The molecule has 7 heteroatoms. The number of hydrogen-bond acceptors (Lipinski definition) is 6. The van der Waals surface area contributed by atoms with E-state index in [9.17, 15) is 4.79 Å². The highest BCUT2D eigenvalue weighted by atomic mass is 32.2. The maximum Gasteiger partial charge on any atom is 0.266 e. The monoisotopic (exact) mass is 463 g/mol. The first kappa shape index (κ1) is 22.6. The van der Waals surface area contributed by atoms with Crippen LogP contribution in [0.4, 0.5) is 5.69 Å². The Hall–Kier alpha value is -3.58. The van der Waals surface area contributed by atoms with Crippen molar-refractivity contribution in [1.82, 2.24) is 0 Å². The molecule has 1 unspecified atom stereocenters. The van der Waals surface area contributed by atoms with Crippen LogP contribution in [0, 0.1) is 0 Å². The topological polar surface area (TPSA) is 57.2 Å². The van der Waals surface area contributed by atoms with Gasteiger partial charge in [-0.1, -0.05) is 54.2 Å². The number of para-hydroxylation sites is 2. The Kier molecular flexibility index (Phi) is 6.79. The Morgan fingerprint density at radius 1 is 0.788 bits per heavy atom. The van der Waals surface area contributed by atoms with Gasteiger partial charge in [-0.05, 0) is 41.5 Å². The molecule has 6 nitrogen and oxygen atoms in total. The third-order valence-electron chi connectivity index (χ3n) is 5.32. The number of nitrogens with zero attached hydrogens (tertiary/aromatic N) is 1. The number of benzene rings is 3. The maximum atomic E-state index is 13.7. The van der Waals surface area contributed by atoms with Gasteiger partial charge in [0.25, 0.3) is 5.91 Å². The largest absolute Gasteiger partial charge is 0.495 e. The van der Waals surface area contributed by atoms with Crippen molar-refractivity contribution in [3.8, 4) is 23.0 Å². The summed E-state index contributed by atoms with van der Waals surface area (Å²) in [6.07, 6.45) is 1.91. The van der Waals surface area contributed by atoms with E-state index in [0.717, 1.165) is 11.1 Å². The molecule has 4 rings (SSSR count). The zero-order valence-electron chi connectivity index (χ0n) is 18.9. The van der Waals surface area contributed by atoms with Gasteiger partial charge in [0.05, 0.1) is 39.0 Å². The summed E-state index contributed by atoms with van der Waals surface area (Å²) in [5.74, 6) is 2.07. The first-order valence-electron chi connectivity index (χ1n) is 10.3. The van der Waals surface area contributed by atoms with Gasteiger partial charge in [0.1, 0.15) is 11.1 Å². The summed E-state index contributed by atoms with van der Waals surface area (Å²) in [7, 11) is 6.32. The first-order valence-corrected chi connectivity index (χ1v) is 11.2. The lowest BCUT2D eigenvalue weighted by atomic mass is 10.1. The number of methoxy groups -OCH3 is 4. The van der Waals surface area contributed by atoms with E-state index in [4.69, 9.17) is 18.9 Å². The molecule has 0 spiro atoms. The van der Waals surface area contributed by atoms with Crippen molar-refractivity contribution in [3.63, 3.8) is 0 Å². The maximum absolute atomic E-state index is 13.7. The summed E-state index contributed by atoms with van der Waals surface area (Å²) in [5.41, 5.74) is 2.48. The minimum atomic E-state index is -0.363. The van der Waals surface area contributed by atoms with Crippen molar-refractivity contribution in [3.05, 3.63) is 82.8 Å². The van der Waals surface area contributed by atoms with Crippen molar-refractivity contribution < 1.29 is 23.7 Å². The summed E-state index contributed by atoms with van der Waals surface area (Å²) < 4.78 is 22.2. The van der Waals surface area contributed by atoms with E-state index in [1.165, 1.54) is 11.8 Å². The normalized spacial score (nSPS) is 16.7.